The van der Waals surface area contributed by atoms with E-state index in [-0.39, 0.29) is 16.7 Å². The highest BCUT2D eigenvalue weighted by Crippen LogP contribution is 2.17. The average Bonchev–Trinajstić information content (AvgIpc) is 2.26. The van der Waals surface area contributed by atoms with Crippen LogP contribution in [0.2, 0.25) is 5.15 Å². The van der Waals surface area contributed by atoms with Crippen molar-refractivity contribution in [2.45, 2.75) is 24.3 Å². The van der Waals surface area contributed by atoms with E-state index in [1.54, 1.807) is 6.92 Å². The summed E-state index contributed by atoms with van der Waals surface area (Å²) in [6.45, 7) is 1.52. The summed E-state index contributed by atoms with van der Waals surface area (Å²) < 4.78 is 26.0. The quantitative estimate of drug-likeness (QED) is 0.771. The Morgan fingerprint density at radius 1 is 1.62 bits per heavy atom. The van der Waals surface area contributed by atoms with Crippen molar-refractivity contribution < 1.29 is 13.5 Å². The minimum absolute atomic E-state index is 0.0800. The first kappa shape index (κ1) is 13.4. The van der Waals surface area contributed by atoms with E-state index in [4.69, 9.17) is 16.7 Å². The maximum absolute atomic E-state index is 11.8. The maximum atomic E-state index is 11.8. The van der Waals surface area contributed by atoms with Gasteiger partial charge in [-0.15, -0.1) is 0 Å². The maximum Gasteiger partial charge on any atom is 0.243 e. The van der Waals surface area contributed by atoms with Crippen molar-refractivity contribution in [3.63, 3.8) is 0 Å². The standard InChI is InChI=1S/C9H13ClN2O3S/c1-2-7(6-13)12-16(14,15)8-4-3-5-11-9(8)10/h3-5,7,12-13H,2,6H2,1H3/t7-/m1/s1. The van der Waals surface area contributed by atoms with Crippen LogP contribution in [0.3, 0.4) is 0 Å². The number of sulfonamides is 1. The molecule has 0 bridgehead atoms. The number of aliphatic hydroxyl groups excluding tert-OH is 1. The average molecular weight is 265 g/mol. The van der Waals surface area contributed by atoms with Crippen LogP contribution in [0.25, 0.3) is 0 Å². The molecule has 1 rings (SSSR count). The van der Waals surface area contributed by atoms with Gasteiger partial charge in [0.15, 0.2) is 0 Å². The lowest BCUT2D eigenvalue weighted by atomic mass is 10.3. The van der Waals surface area contributed by atoms with Gasteiger partial charge in [-0.25, -0.2) is 18.1 Å². The van der Waals surface area contributed by atoms with Gasteiger partial charge in [0, 0.05) is 12.2 Å². The Morgan fingerprint density at radius 3 is 2.81 bits per heavy atom. The van der Waals surface area contributed by atoms with Crippen molar-refractivity contribution in [3.05, 3.63) is 23.5 Å². The number of hydrogen-bond donors (Lipinski definition) is 2. The van der Waals surface area contributed by atoms with Crippen LogP contribution in [0, 0.1) is 0 Å². The third kappa shape index (κ3) is 3.15. The summed E-state index contributed by atoms with van der Waals surface area (Å²) in [5.74, 6) is 0. The second-order valence-corrected chi connectivity index (χ2v) is 5.24. The molecule has 0 saturated heterocycles. The first-order chi connectivity index (χ1) is 7.51. The number of rotatable bonds is 5. The van der Waals surface area contributed by atoms with Crippen molar-refractivity contribution in [1.29, 1.82) is 0 Å². The molecule has 0 aromatic carbocycles. The van der Waals surface area contributed by atoms with E-state index in [2.05, 4.69) is 9.71 Å². The first-order valence-electron chi connectivity index (χ1n) is 4.75. The number of nitrogens with zero attached hydrogens (tertiary/aromatic N) is 1. The summed E-state index contributed by atoms with van der Waals surface area (Å²) >= 11 is 5.69. The minimum Gasteiger partial charge on any atom is -0.395 e. The fourth-order valence-electron chi connectivity index (χ4n) is 1.10. The molecule has 0 amide bonds. The lowest BCUT2D eigenvalue weighted by Gasteiger charge is -2.14. The van der Waals surface area contributed by atoms with Crippen LogP contribution in [-0.2, 0) is 10.0 Å². The van der Waals surface area contributed by atoms with Crippen molar-refractivity contribution >= 4 is 21.6 Å². The van der Waals surface area contributed by atoms with Gasteiger partial charge >= 0.3 is 0 Å². The molecule has 1 atom stereocenters. The zero-order valence-corrected chi connectivity index (χ0v) is 10.3. The largest absolute Gasteiger partial charge is 0.395 e. The van der Waals surface area contributed by atoms with Crippen molar-refractivity contribution in [1.82, 2.24) is 9.71 Å². The Labute approximate surface area is 99.5 Å². The summed E-state index contributed by atoms with van der Waals surface area (Å²) in [7, 11) is -3.72. The Hall–Kier alpha value is -0.690. The minimum atomic E-state index is -3.72. The highest BCUT2D eigenvalue weighted by molar-refractivity contribution is 7.89. The number of aromatic nitrogens is 1. The number of halogens is 1. The van der Waals surface area contributed by atoms with Gasteiger partial charge in [0.1, 0.15) is 10.0 Å². The van der Waals surface area contributed by atoms with Crippen LogP contribution in [0.5, 0.6) is 0 Å². The summed E-state index contributed by atoms with van der Waals surface area (Å²) in [5.41, 5.74) is 0. The van der Waals surface area contributed by atoms with E-state index >= 15 is 0 Å². The third-order valence-corrected chi connectivity index (χ3v) is 4.01. The molecule has 0 aliphatic rings. The summed E-state index contributed by atoms with van der Waals surface area (Å²) in [6.07, 6.45) is 1.90. The molecular formula is C9H13ClN2O3S. The number of nitrogens with one attached hydrogen (secondary N) is 1. The zero-order valence-electron chi connectivity index (χ0n) is 8.72. The van der Waals surface area contributed by atoms with Gasteiger partial charge in [-0.1, -0.05) is 18.5 Å². The smallest absolute Gasteiger partial charge is 0.243 e. The predicted molar refractivity (Wildman–Crippen MR) is 60.7 cm³/mol. The molecular weight excluding hydrogens is 252 g/mol. The lowest BCUT2D eigenvalue weighted by molar-refractivity contribution is 0.254. The summed E-state index contributed by atoms with van der Waals surface area (Å²) in [5, 5.41) is 8.85. The van der Waals surface area contributed by atoms with Crippen molar-refractivity contribution in [3.8, 4) is 0 Å². The van der Waals surface area contributed by atoms with Gasteiger partial charge < -0.3 is 5.11 Å². The van der Waals surface area contributed by atoms with E-state index in [0.29, 0.717) is 6.42 Å². The molecule has 0 radical (unpaired) electrons. The molecule has 7 heteroatoms. The monoisotopic (exact) mass is 264 g/mol. The van der Waals surface area contributed by atoms with Gasteiger partial charge in [-0.3, -0.25) is 0 Å². The first-order valence-corrected chi connectivity index (χ1v) is 6.61. The second kappa shape index (κ2) is 5.58. The van der Waals surface area contributed by atoms with Gasteiger partial charge in [-0.2, -0.15) is 0 Å². The lowest BCUT2D eigenvalue weighted by Crippen LogP contribution is -2.37. The number of aliphatic hydroxyl groups is 1. The SMILES string of the molecule is CC[C@H](CO)NS(=O)(=O)c1cccnc1Cl. The molecule has 0 saturated carbocycles. The van der Waals surface area contributed by atoms with Crippen LogP contribution in [0.4, 0.5) is 0 Å². The molecule has 0 fully saturated rings. The molecule has 16 heavy (non-hydrogen) atoms. The van der Waals surface area contributed by atoms with Crippen LogP contribution in [0.1, 0.15) is 13.3 Å². The van der Waals surface area contributed by atoms with Crippen LogP contribution < -0.4 is 4.72 Å². The molecule has 2 N–H and O–H groups in total. The number of pyridine rings is 1. The van der Waals surface area contributed by atoms with E-state index in [9.17, 15) is 8.42 Å². The fraction of sp³-hybridized carbons (Fsp3) is 0.444. The van der Waals surface area contributed by atoms with Gasteiger partial charge in [0.2, 0.25) is 10.0 Å². The normalized spacial score (nSPS) is 13.7. The van der Waals surface area contributed by atoms with E-state index in [1.165, 1.54) is 18.3 Å². The van der Waals surface area contributed by atoms with E-state index in [0.717, 1.165) is 0 Å². The molecule has 5 nitrogen and oxygen atoms in total. The molecule has 0 spiro atoms. The number of hydrogen-bond acceptors (Lipinski definition) is 4. The van der Waals surface area contributed by atoms with Crippen molar-refractivity contribution in [2.75, 3.05) is 6.61 Å². The molecule has 1 aromatic rings. The van der Waals surface area contributed by atoms with Crippen molar-refractivity contribution in [2.24, 2.45) is 0 Å². The second-order valence-electron chi connectivity index (χ2n) is 3.20. The summed E-state index contributed by atoms with van der Waals surface area (Å²) in [4.78, 5) is 3.61. The molecule has 1 heterocycles. The Morgan fingerprint density at radius 2 is 2.31 bits per heavy atom. The molecule has 0 aliphatic heterocycles. The topological polar surface area (TPSA) is 79.3 Å². The van der Waals surface area contributed by atoms with Gasteiger partial charge in [0.05, 0.1) is 6.61 Å². The van der Waals surface area contributed by atoms with E-state index < -0.39 is 16.1 Å². The highest BCUT2D eigenvalue weighted by atomic mass is 35.5. The summed E-state index contributed by atoms with van der Waals surface area (Å²) in [6, 6.07) is 2.34. The molecule has 1 aromatic heterocycles. The fourth-order valence-corrected chi connectivity index (χ4v) is 2.87. The zero-order chi connectivity index (χ0) is 12.2. The molecule has 90 valence electrons. The molecule has 0 unspecified atom stereocenters. The van der Waals surface area contributed by atoms with Crippen LogP contribution in [0.15, 0.2) is 23.2 Å². The van der Waals surface area contributed by atoms with Crippen LogP contribution in [-0.4, -0.2) is 31.2 Å². The van der Waals surface area contributed by atoms with E-state index in [1.807, 2.05) is 0 Å². The predicted octanol–water partition coefficient (Wildman–Crippen LogP) is 0.784. The van der Waals surface area contributed by atoms with Gasteiger partial charge in [-0.05, 0) is 18.6 Å². The Bertz CT molecular complexity index is 446. The highest BCUT2D eigenvalue weighted by Gasteiger charge is 2.21. The Kier molecular flexibility index (Phi) is 4.67. The Balaban J connectivity index is 2.99. The molecule has 0 aliphatic carbocycles. The van der Waals surface area contributed by atoms with Crippen LogP contribution >= 0.6 is 11.6 Å². The van der Waals surface area contributed by atoms with Gasteiger partial charge in [0.25, 0.3) is 0 Å². The third-order valence-electron chi connectivity index (χ3n) is 2.05.